The topological polar surface area (TPSA) is 118 Å². The highest BCUT2D eigenvalue weighted by Crippen LogP contribution is 2.46. The molecule has 1 saturated carbocycles. The Bertz CT molecular complexity index is 1400. The van der Waals surface area contributed by atoms with E-state index in [0.29, 0.717) is 65.9 Å². The number of rotatable bonds is 7. The highest BCUT2D eigenvalue weighted by atomic mass is 35.5. The van der Waals surface area contributed by atoms with Crippen LogP contribution in [0.15, 0.2) is 12.1 Å². The van der Waals surface area contributed by atoms with Crippen molar-refractivity contribution >= 4 is 29.4 Å². The molecule has 2 aromatic rings. The Kier molecular flexibility index (Phi) is 8.16. The van der Waals surface area contributed by atoms with Gasteiger partial charge in [0.1, 0.15) is 18.1 Å². The lowest BCUT2D eigenvalue weighted by Crippen LogP contribution is -2.52. The SMILES string of the molecule is Cn1nnc(COc2ccc(Cl)c3c2[C@@H](CN2CCCC2=O)N(C(=O)C2CCCC[C@@]2(C)C(=O)O)CC3)c1C(F)(F)F. The maximum Gasteiger partial charge on any atom is 0.435 e. The highest BCUT2D eigenvalue weighted by Gasteiger charge is 2.50. The Morgan fingerprint density at radius 2 is 1.95 bits per heavy atom. The van der Waals surface area contributed by atoms with Crippen molar-refractivity contribution in [3.8, 4) is 5.75 Å². The zero-order valence-corrected chi connectivity index (χ0v) is 24.2. The number of aliphatic carboxylic acids is 1. The molecule has 1 unspecified atom stereocenters. The second kappa shape index (κ2) is 11.4. The van der Waals surface area contributed by atoms with Crippen LogP contribution in [0.25, 0.3) is 0 Å². The van der Waals surface area contributed by atoms with Crippen LogP contribution >= 0.6 is 11.6 Å². The van der Waals surface area contributed by atoms with Crippen LogP contribution in [0.5, 0.6) is 5.75 Å². The summed E-state index contributed by atoms with van der Waals surface area (Å²) in [4.78, 5) is 42.5. The van der Waals surface area contributed by atoms with Gasteiger partial charge in [-0.25, -0.2) is 4.68 Å². The number of carbonyl (C=O) groups excluding carboxylic acids is 2. The molecule has 1 N–H and O–H groups in total. The van der Waals surface area contributed by atoms with E-state index in [1.807, 2.05) is 0 Å². The van der Waals surface area contributed by atoms with E-state index >= 15 is 0 Å². The van der Waals surface area contributed by atoms with Crippen LogP contribution < -0.4 is 4.74 Å². The quantitative estimate of drug-likeness (QED) is 0.493. The van der Waals surface area contributed by atoms with Gasteiger partial charge >= 0.3 is 12.1 Å². The third-order valence-corrected chi connectivity index (χ3v) is 9.30. The van der Waals surface area contributed by atoms with Gasteiger partial charge in [-0.15, -0.1) is 5.10 Å². The molecular formula is C28H33ClF3N5O5. The minimum absolute atomic E-state index is 0.0681. The molecule has 2 amide bonds. The highest BCUT2D eigenvalue weighted by molar-refractivity contribution is 6.31. The fourth-order valence-electron chi connectivity index (χ4n) is 6.64. The van der Waals surface area contributed by atoms with Gasteiger partial charge < -0.3 is 19.6 Å². The van der Waals surface area contributed by atoms with E-state index in [9.17, 15) is 32.7 Å². The minimum atomic E-state index is -4.70. The number of benzene rings is 1. The number of amides is 2. The van der Waals surface area contributed by atoms with Crippen LogP contribution in [0, 0.1) is 11.3 Å². The number of hydrogen-bond acceptors (Lipinski definition) is 6. The summed E-state index contributed by atoms with van der Waals surface area (Å²) >= 11 is 6.60. The molecule has 3 atom stereocenters. The molecular weight excluding hydrogens is 579 g/mol. The van der Waals surface area contributed by atoms with Gasteiger partial charge in [0.2, 0.25) is 11.8 Å². The van der Waals surface area contributed by atoms with Crippen molar-refractivity contribution in [1.82, 2.24) is 24.8 Å². The first-order valence-electron chi connectivity index (χ1n) is 14.0. The fraction of sp³-hybridized carbons (Fsp3) is 0.607. The van der Waals surface area contributed by atoms with Crippen molar-refractivity contribution in [3.63, 3.8) is 0 Å². The molecule has 14 heteroatoms. The Balaban J connectivity index is 1.54. The van der Waals surface area contributed by atoms with Crippen molar-refractivity contribution in [1.29, 1.82) is 0 Å². The van der Waals surface area contributed by atoms with Crippen LogP contribution in [0.1, 0.15) is 74.0 Å². The van der Waals surface area contributed by atoms with Crippen molar-refractivity contribution < 1.29 is 37.4 Å². The number of carboxylic acids is 1. The molecule has 3 aliphatic rings. The second-order valence-corrected chi connectivity index (χ2v) is 11.9. The van der Waals surface area contributed by atoms with Crippen LogP contribution in [0.3, 0.4) is 0 Å². The van der Waals surface area contributed by atoms with E-state index in [1.54, 1.807) is 28.9 Å². The van der Waals surface area contributed by atoms with Crippen molar-refractivity contribution in [2.75, 3.05) is 19.6 Å². The van der Waals surface area contributed by atoms with Gasteiger partial charge in [-0.1, -0.05) is 29.7 Å². The number of fused-ring (bicyclic) bond motifs is 1. The maximum atomic E-state index is 14.2. The molecule has 1 aliphatic carbocycles. The molecule has 1 aromatic heterocycles. The summed E-state index contributed by atoms with van der Waals surface area (Å²) in [7, 11) is 1.15. The molecule has 3 heterocycles. The molecule has 2 aliphatic heterocycles. The van der Waals surface area contributed by atoms with Gasteiger partial charge in [-0.05, 0) is 50.3 Å². The van der Waals surface area contributed by atoms with E-state index in [0.717, 1.165) is 13.5 Å². The largest absolute Gasteiger partial charge is 0.487 e. The van der Waals surface area contributed by atoms with Crippen LogP contribution in [0.4, 0.5) is 13.2 Å². The molecule has 1 saturated heterocycles. The number of carboxylic acid groups (broad SMARTS) is 1. The van der Waals surface area contributed by atoms with Gasteiger partial charge in [-0.2, -0.15) is 13.2 Å². The Labute approximate surface area is 245 Å². The summed E-state index contributed by atoms with van der Waals surface area (Å²) in [6.45, 7) is 1.94. The van der Waals surface area contributed by atoms with E-state index in [1.165, 1.54) is 0 Å². The van der Waals surface area contributed by atoms with Gasteiger partial charge in [0.25, 0.3) is 0 Å². The average Bonchev–Trinajstić information content (AvgIpc) is 3.52. The molecule has 2 fully saturated rings. The summed E-state index contributed by atoms with van der Waals surface area (Å²) in [5, 5.41) is 17.6. The summed E-state index contributed by atoms with van der Waals surface area (Å²) in [5.74, 6) is -1.96. The number of nitrogens with zero attached hydrogens (tertiary/aromatic N) is 5. The summed E-state index contributed by atoms with van der Waals surface area (Å²) in [6.07, 6.45) is -1.11. The van der Waals surface area contributed by atoms with Gasteiger partial charge in [0, 0.05) is 43.7 Å². The summed E-state index contributed by atoms with van der Waals surface area (Å²) in [5.41, 5.74) is -1.49. The van der Waals surface area contributed by atoms with Gasteiger partial charge in [0.05, 0.1) is 17.4 Å². The predicted octanol–water partition coefficient (Wildman–Crippen LogP) is 4.40. The zero-order chi connectivity index (χ0) is 30.4. The van der Waals surface area contributed by atoms with Crippen molar-refractivity contribution in [3.05, 3.63) is 39.7 Å². The molecule has 0 bridgehead atoms. The monoisotopic (exact) mass is 611 g/mol. The molecule has 0 radical (unpaired) electrons. The first-order valence-corrected chi connectivity index (χ1v) is 14.4. The fourth-order valence-corrected chi connectivity index (χ4v) is 6.90. The maximum absolute atomic E-state index is 14.2. The Morgan fingerprint density at radius 1 is 1.19 bits per heavy atom. The van der Waals surface area contributed by atoms with E-state index in [-0.39, 0.29) is 30.7 Å². The normalized spacial score (nSPS) is 24.6. The average molecular weight is 612 g/mol. The first-order chi connectivity index (χ1) is 19.8. The molecule has 5 rings (SSSR count). The lowest BCUT2D eigenvalue weighted by atomic mass is 9.66. The zero-order valence-electron chi connectivity index (χ0n) is 23.4. The molecule has 42 heavy (non-hydrogen) atoms. The molecule has 1 aromatic carbocycles. The van der Waals surface area contributed by atoms with Crippen molar-refractivity contribution in [2.45, 2.75) is 70.7 Å². The van der Waals surface area contributed by atoms with E-state index < -0.39 is 47.5 Å². The van der Waals surface area contributed by atoms with Gasteiger partial charge in [0.15, 0.2) is 5.69 Å². The number of ether oxygens (including phenoxy) is 1. The number of carbonyl (C=O) groups is 3. The Morgan fingerprint density at radius 3 is 2.62 bits per heavy atom. The first kappa shape index (κ1) is 30.1. The third-order valence-electron chi connectivity index (χ3n) is 8.94. The third kappa shape index (κ3) is 5.43. The molecule has 0 spiro atoms. The van der Waals surface area contributed by atoms with Crippen LogP contribution in [-0.4, -0.2) is 67.3 Å². The smallest absolute Gasteiger partial charge is 0.435 e. The Hall–Kier alpha value is -3.35. The summed E-state index contributed by atoms with van der Waals surface area (Å²) in [6, 6.07) is 2.40. The lowest BCUT2D eigenvalue weighted by molar-refractivity contribution is -0.162. The number of halogens is 4. The van der Waals surface area contributed by atoms with Crippen LogP contribution in [-0.2, 0) is 40.6 Å². The number of aromatic nitrogens is 3. The number of hydrogen-bond donors (Lipinski definition) is 1. The van der Waals surface area contributed by atoms with Gasteiger partial charge in [-0.3, -0.25) is 14.4 Å². The van der Waals surface area contributed by atoms with Crippen LogP contribution in [0.2, 0.25) is 5.02 Å². The summed E-state index contributed by atoms with van der Waals surface area (Å²) < 4.78 is 47.6. The number of likely N-dealkylation sites (tertiary alicyclic amines) is 1. The van der Waals surface area contributed by atoms with E-state index in [4.69, 9.17) is 16.3 Å². The molecule has 10 nitrogen and oxygen atoms in total. The lowest BCUT2D eigenvalue weighted by Gasteiger charge is -2.45. The standard InChI is InChI=1S/C28H33ClF3N5O5/c1-27(26(40)41)11-4-3-6-17(27)25(39)37-13-10-16-18(29)8-9-21(23(16)20(37)14-36-12-5-7-22(36)38)42-15-19-24(28(30,31)32)35(2)34-33-19/h8-9,17,20H,3-7,10-15H2,1-2H3,(H,40,41)/t17?,20-,27-/m1/s1. The second-order valence-electron chi connectivity index (χ2n) is 11.5. The van der Waals surface area contributed by atoms with E-state index in [2.05, 4.69) is 10.3 Å². The molecule has 228 valence electrons. The number of aryl methyl sites for hydroxylation is 1. The number of alkyl halides is 3. The predicted molar refractivity (Wildman–Crippen MR) is 143 cm³/mol. The van der Waals surface area contributed by atoms with Crippen molar-refractivity contribution in [2.24, 2.45) is 18.4 Å². The minimum Gasteiger partial charge on any atom is -0.487 e.